The Morgan fingerprint density at radius 2 is 0.857 bits per heavy atom. The maximum absolute atomic E-state index is 4.69. The van der Waals surface area contributed by atoms with E-state index in [0.29, 0.717) is 0 Å². The molecule has 10 aromatic rings. The highest BCUT2D eigenvalue weighted by Crippen LogP contribution is 2.41. The number of benzene rings is 9. The molecule has 9 aromatic carbocycles. The summed E-state index contributed by atoms with van der Waals surface area (Å²) in [5, 5.41) is 13.9. The topological polar surface area (TPSA) is 12.9 Å². The van der Waals surface area contributed by atoms with Crippen molar-refractivity contribution in [3.05, 3.63) is 176 Å². The van der Waals surface area contributed by atoms with E-state index in [0.717, 1.165) is 16.5 Å². The van der Waals surface area contributed by atoms with Crippen LogP contribution in [-0.2, 0) is 0 Å². The maximum atomic E-state index is 4.69. The smallest absolute Gasteiger partial charge is 0.0702 e. The van der Waals surface area contributed by atoms with Crippen molar-refractivity contribution in [2.75, 3.05) is 0 Å². The monoisotopic (exact) mass is 621 g/mol. The van der Waals surface area contributed by atoms with Gasteiger partial charge in [-0.25, -0.2) is 0 Å². The summed E-state index contributed by atoms with van der Waals surface area (Å²) in [7, 11) is 0. The second-order valence-electron chi connectivity index (χ2n) is 13.2. The molecular formula is C48H31N. The quantitative estimate of drug-likeness (QED) is 0.179. The van der Waals surface area contributed by atoms with Gasteiger partial charge >= 0.3 is 0 Å². The summed E-state index contributed by atoms with van der Waals surface area (Å²) in [6.07, 6.45) is 1.98. The van der Waals surface area contributed by atoms with Crippen LogP contribution in [0.5, 0.6) is 0 Å². The van der Waals surface area contributed by atoms with Gasteiger partial charge in [-0.15, -0.1) is 0 Å². The van der Waals surface area contributed by atoms with Crippen molar-refractivity contribution in [1.29, 1.82) is 0 Å². The van der Waals surface area contributed by atoms with E-state index in [2.05, 4.69) is 170 Å². The Labute approximate surface area is 284 Å². The van der Waals surface area contributed by atoms with Crippen molar-refractivity contribution < 1.29 is 0 Å². The minimum Gasteiger partial charge on any atom is -0.256 e. The van der Waals surface area contributed by atoms with Gasteiger partial charge in [-0.05, 0) is 124 Å². The lowest BCUT2D eigenvalue weighted by molar-refractivity contribution is 1.41. The van der Waals surface area contributed by atoms with Gasteiger partial charge in [-0.2, -0.15) is 0 Å². The molecule has 0 atom stereocenters. The molecule has 0 saturated heterocycles. The van der Waals surface area contributed by atoms with Crippen LogP contribution in [0.4, 0.5) is 0 Å². The second-order valence-corrected chi connectivity index (χ2v) is 13.2. The molecule has 0 aliphatic rings. The van der Waals surface area contributed by atoms with Gasteiger partial charge in [0, 0.05) is 17.1 Å². The Kier molecular flexibility index (Phi) is 6.16. The van der Waals surface area contributed by atoms with Crippen molar-refractivity contribution in [3.63, 3.8) is 0 Å². The Bertz CT molecular complexity index is 2950. The number of fused-ring (bicyclic) bond motifs is 8. The van der Waals surface area contributed by atoms with Crippen LogP contribution in [0.25, 0.3) is 98.1 Å². The van der Waals surface area contributed by atoms with Crippen molar-refractivity contribution in [1.82, 2.24) is 4.98 Å². The molecule has 228 valence electrons. The van der Waals surface area contributed by atoms with Crippen LogP contribution in [0.3, 0.4) is 0 Å². The number of aryl methyl sites for hydroxylation is 1. The lowest BCUT2D eigenvalue weighted by Gasteiger charge is -2.16. The van der Waals surface area contributed by atoms with Gasteiger partial charge in [0.2, 0.25) is 0 Å². The van der Waals surface area contributed by atoms with E-state index in [1.807, 2.05) is 12.3 Å². The van der Waals surface area contributed by atoms with Gasteiger partial charge in [0.25, 0.3) is 0 Å². The highest BCUT2D eigenvalue weighted by molar-refractivity contribution is 6.21. The summed E-state index contributed by atoms with van der Waals surface area (Å²) in [5.41, 5.74) is 9.66. The first-order valence-corrected chi connectivity index (χ1v) is 16.9. The van der Waals surface area contributed by atoms with Crippen molar-refractivity contribution in [3.8, 4) is 33.4 Å². The molecule has 0 unspecified atom stereocenters. The SMILES string of the molecule is Cc1cccc2ccc3cccc(-c4cccc5ccc6cc(-c7ccc8cc(-c9cnc%10ccccc%10c9)ccc8c7)ccc6c45)c3c12. The molecular weight excluding hydrogens is 591 g/mol. The van der Waals surface area contributed by atoms with E-state index in [4.69, 9.17) is 0 Å². The third kappa shape index (κ3) is 4.51. The molecule has 0 aliphatic heterocycles. The van der Waals surface area contributed by atoms with Crippen molar-refractivity contribution >= 4 is 64.8 Å². The van der Waals surface area contributed by atoms with Gasteiger partial charge in [0.15, 0.2) is 0 Å². The Hall–Kier alpha value is -6.31. The molecule has 1 heteroatoms. The predicted molar refractivity (Wildman–Crippen MR) is 210 cm³/mol. The fourth-order valence-electron chi connectivity index (χ4n) is 7.92. The number of rotatable bonds is 3. The average Bonchev–Trinajstić information content (AvgIpc) is 3.16. The van der Waals surface area contributed by atoms with E-state index in [1.54, 1.807) is 0 Å². The molecule has 1 nitrogen and oxygen atoms in total. The predicted octanol–water partition coefficient (Wildman–Crippen LogP) is 13.3. The van der Waals surface area contributed by atoms with Gasteiger partial charge < -0.3 is 0 Å². The van der Waals surface area contributed by atoms with Crippen LogP contribution in [0.15, 0.2) is 170 Å². The molecule has 1 heterocycles. The molecule has 0 aliphatic carbocycles. The molecule has 0 N–H and O–H groups in total. The normalized spacial score (nSPS) is 11.8. The average molecular weight is 622 g/mol. The van der Waals surface area contributed by atoms with Crippen LogP contribution in [0.1, 0.15) is 5.56 Å². The molecule has 0 spiro atoms. The number of aromatic nitrogens is 1. The number of hydrogen-bond acceptors (Lipinski definition) is 1. The summed E-state index contributed by atoms with van der Waals surface area (Å²) >= 11 is 0. The summed E-state index contributed by atoms with van der Waals surface area (Å²) in [5.74, 6) is 0. The maximum Gasteiger partial charge on any atom is 0.0702 e. The Morgan fingerprint density at radius 1 is 0.347 bits per heavy atom. The van der Waals surface area contributed by atoms with Gasteiger partial charge in [0.05, 0.1) is 5.52 Å². The molecule has 0 bridgehead atoms. The van der Waals surface area contributed by atoms with Crippen molar-refractivity contribution in [2.45, 2.75) is 6.92 Å². The first-order chi connectivity index (χ1) is 24.2. The highest BCUT2D eigenvalue weighted by atomic mass is 14.6. The first-order valence-electron chi connectivity index (χ1n) is 16.9. The van der Waals surface area contributed by atoms with E-state index in [1.165, 1.54) is 87.2 Å². The van der Waals surface area contributed by atoms with Crippen LogP contribution in [-0.4, -0.2) is 4.98 Å². The largest absolute Gasteiger partial charge is 0.256 e. The summed E-state index contributed by atoms with van der Waals surface area (Å²) in [6, 6.07) is 60.2. The molecule has 10 rings (SSSR count). The fourth-order valence-corrected chi connectivity index (χ4v) is 7.92. The second kappa shape index (κ2) is 10.9. The number of pyridine rings is 1. The van der Waals surface area contributed by atoms with Gasteiger partial charge in [0.1, 0.15) is 0 Å². The van der Waals surface area contributed by atoms with E-state index >= 15 is 0 Å². The molecule has 0 radical (unpaired) electrons. The van der Waals surface area contributed by atoms with Gasteiger partial charge in [-0.3, -0.25) is 4.98 Å². The molecule has 0 fully saturated rings. The third-order valence-corrected chi connectivity index (χ3v) is 10.3. The minimum atomic E-state index is 1.02. The summed E-state index contributed by atoms with van der Waals surface area (Å²) in [6.45, 7) is 2.23. The van der Waals surface area contributed by atoms with Crippen LogP contribution >= 0.6 is 0 Å². The number of para-hydroxylation sites is 1. The number of hydrogen-bond donors (Lipinski definition) is 0. The standard InChI is InChI=1S/C48H31N/c1-30-7-4-9-31-15-16-33-11-6-13-44(48(33)46(30)31)43-12-5-10-32-17-22-39-27-37(23-24-42(39)47(32)43)35-18-19-36-26-38(21-20-34(36)25-35)41-28-40-8-2-3-14-45(40)49-29-41/h2-29H,1H3. The fraction of sp³-hybridized carbons (Fsp3) is 0.0208. The lowest BCUT2D eigenvalue weighted by atomic mass is 9.88. The summed E-state index contributed by atoms with van der Waals surface area (Å²) in [4.78, 5) is 4.69. The van der Waals surface area contributed by atoms with Crippen molar-refractivity contribution in [2.24, 2.45) is 0 Å². The molecule has 0 saturated carbocycles. The molecule has 49 heavy (non-hydrogen) atoms. The van der Waals surface area contributed by atoms with Crippen LogP contribution < -0.4 is 0 Å². The minimum absolute atomic E-state index is 1.02. The van der Waals surface area contributed by atoms with E-state index in [-0.39, 0.29) is 0 Å². The zero-order chi connectivity index (χ0) is 32.5. The Morgan fingerprint density at radius 3 is 1.61 bits per heavy atom. The van der Waals surface area contributed by atoms with Gasteiger partial charge in [-0.1, -0.05) is 133 Å². The van der Waals surface area contributed by atoms with E-state index < -0.39 is 0 Å². The number of nitrogens with zero attached hydrogens (tertiary/aromatic N) is 1. The Balaban J connectivity index is 1.09. The zero-order valence-electron chi connectivity index (χ0n) is 27.1. The molecule has 1 aromatic heterocycles. The highest BCUT2D eigenvalue weighted by Gasteiger charge is 2.14. The first kappa shape index (κ1) is 27.8. The van der Waals surface area contributed by atoms with Crippen LogP contribution in [0.2, 0.25) is 0 Å². The summed E-state index contributed by atoms with van der Waals surface area (Å²) < 4.78 is 0. The van der Waals surface area contributed by atoms with Crippen LogP contribution in [0, 0.1) is 6.92 Å². The zero-order valence-corrected chi connectivity index (χ0v) is 27.1. The third-order valence-electron chi connectivity index (χ3n) is 10.3. The molecule has 0 amide bonds. The van der Waals surface area contributed by atoms with E-state index in [9.17, 15) is 0 Å². The lowest BCUT2D eigenvalue weighted by Crippen LogP contribution is -1.89.